The Morgan fingerprint density at radius 2 is 2.04 bits per heavy atom. The standard InChI is InChI=1S/C21H25N5O/c1-25-13-16(12-24-25)14-26-11-5-6-17(15-26)20-21(23-10-9-22-20)18-7-3-4-8-19(18)27-2/h3-4,7-10,12-13,17H,5-6,11,14-15H2,1-2H3. The average Bonchev–Trinajstić information content (AvgIpc) is 3.12. The Labute approximate surface area is 159 Å². The molecule has 3 aromatic rings. The van der Waals surface area contributed by atoms with Crippen LogP contribution >= 0.6 is 0 Å². The maximum Gasteiger partial charge on any atom is 0.128 e. The monoisotopic (exact) mass is 363 g/mol. The fourth-order valence-electron chi connectivity index (χ4n) is 3.93. The van der Waals surface area contributed by atoms with Crippen molar-refractivity contribution in [1.82, 2.24) is 24.6 Å². The molecule has 6 nitrogen and oxygen atoms in total. The van der Waals surface area contributed by atoms with E-state index in [1.165, 1.54) is 5.56 Å². The van der Waals surface area contributed by atoms with Crippen molar-refractivity contribution in [2.75, 3.05) is 20.2 Å². The SMILES string of the molecule is COc1ccccc1-c1nccnc1C1CCCN(Cc2cnn(C)c2)C1. The molecule has 1 aromatic carbocycles. The molecule has 0 saturated carbocycles. The van der Waals surface area contributed by atoms with Crippen LogP contribution in [-0.2, 0) is 13.6 Å². The number of piperidine rings is 1. The molecule has 1 saturated heterocycles. The summed E-state index contributed by atoms with van der Waals surface area (Å²) in [6, 6.07) is 8.03. The summed E-state index contributed by atoms with van der Waals surface area (Å²) in [6.07, 6.45) is 9.89. The number of nitrogens with zero attached hydrogens (tertiary/aromatic N) is 5. The van der Waals surface area contributed by atoms with Gasteiger partial charge in [-0.1, -0.05) is 12.1 Å². The van der Waals surface area contributed by atoms with Crippen LogP contribution in [-0.4, -0.2) is 44.8 Å². The van der Waals surface area contributed by atoms with Crippen LogP contribution in [0.15, 0.2) is 49.1 Å². The van der Waals surface area contributed by atoms with Crippen LogP contribution < -0.4 is 4.74 Å². The van der Waals surface area contributed by atoms with Gasteiger partial charge in [-0.05, 0) is 31.5 Å². The van der Waals surface area contributed by atoms with E-state index in [0.717, 1.165) is 55.2 Å². The molecule has 0 radical (unpaired) electrons. The molecule has 6 heteroatoms. The van der Waals surface area contributed by atoms with Gasteiger partial charge in [-0.25, -0.2) is 0 Å². The number of rotatable bonds is 5. The number of methoxy groups -OCH3 is 1. The van der Waals surface area contributed by atoms with Crippen LogP contribution in [0, 0.1) is 0 Å². The van der Waals surface area contributed by atoms with Gasteiger partial charge in [-0.15, -0.1) is 0 Å². The minimum absolute atomic E-state index is 0.365. The molecule has 1 atom stereocenters. The maximum absolute atomic E-state index is 5.56. The van der Waals surface area contributed by atoms with Crippen LogP contribution in [0.1, 0.15) is 30.0 Å². The first-order valence-corrected chi connectivity index (χ1v) is 9.39. The van der Waals surface area contributed by atoms with Crippen LogP contribution in [0.5, 0.6) is 5.75 Å². The van der Waals surface area contributed by atoms with Gasteiger partial charge in [0.05, 0.1) is 24.7 Å². The van der Waals surface area contributed by atoms with Crippen molar-refractivity contribution in [1.29, 1.82) is 0 Å². The van der Waals surface area contributed by atoms with Gasteiger partial charge in [0.1, 0.15) is 5.75 Å². The number of ether oxygens (including phenoxy) is 1. The van der Waals surface area contributed by atoms with Crippen molar-refractivity contribution in [2.45, 2.75) is 25.3 Å². The molecule has 3 heterocycles. The molecule has 0 N–H and O–H groups in total. The molecular formula is C21H25N5O. The topological polar surface area (TPSA) is 56.1 Å². The molecule has 0 spiro atoms. The number of aromatic nitrogens is 4. The highest BCUT2D eigenvalue weighted by Gasteiger charge is 2.26. The number of aryl methyl sites for hydroxylation is 1. The van der Waals surface area contributed by atoms with Gasteiger partial charge in [-0.3, -0.25) is 19.5 Å². The smallest absolute Gasteiger partial charge is 0.128 e. The van der Waals surface area contributed by atoms with E-state index in [9.17, 15) is 0 Å². The van der Waals surface area contributed by atoms with Crippen molar-refractivity contribution in [3.8, 4) is 17.0 Å². The number of hydrogen-bond donors (Lipinski definition) is 0. The molecule has 2 aromatic heterocycles. The number of hydrogen-bond acceptors (Lipinski definition) is 5. The number of para-hydroxylation sites is 1. The molecule has 1 aliphatic heterocycles. The van der Waals surface area contributed by atoms with Crippen LogP contribution in [0.4, 0.5) is 0 Å². The normalized spacial score (nSPS) is 17.8. The average molecular weight is 363 g/mol. The van der Waals surface area contributed by atoms with Crippen molar-refractivity contribution in [3.05, 3.63) is 60.3 Å². The minimum Gasteiger partial charge on any atom is -0.496 e. The van der Waals surface area contributed by atoms with Crippen LogP contribution in [0.2, 0.25) is 0 Å². The highest BCUT2D eigenvalue weighted by Crippen LogP contribution is 2.35. The van der Waals surface area contributed by atoms with Crippen LogP contribution in [0.3, 0.4) is 0 Å². The van der Waals surface area contributed by atoms with E-state index in [0.29, 0.717) is 5.92 Å². The lowest BCUT2D eigenvalue weighted by atomic mass is 9.91. The number of likely N-dealkylation sites (tertiary alicyclic amines) is 1. The van der Waals surface area contributed by atoms with E-state index >= 15 is 0 Å². The lowest BCUT2D eigenvalue weighted by Crippen LogP contribution is -2.34. The predicted octanol–water partition coefficient (Wildman–Crippen LogP) is 3.27. The molecule has 0 bridgehead atoms. The fourth-order valence-corrected chi connectivity index (χ4v) is 3.93. The first kappa shape index (κ1) is 17.7. The van der Waals surface area contributed by atoms with Gasteiger partial charge in [-0.2, -0.15) is 5.10 Å². The summed E-state index contributed by atoms with van der Waals surface area (Å²) in [5.74, 6) is 1.20. The molecular weight excluding hydrogens is 338 g/mol. The fraction of sp³-hybridized carbons (Fsp3) is 0.381. The Morgan fingerprint density at radius 1 is 1.19 bits per heavy atom. The third-order valence-corrected chi connectivity index (χ3v) is 5.15. The molecule has 0 amide bonds. The zero-order chi connectivity index (χ0) is 18.6. The third-order valence-electron chi connectivity index (χ3n) is 5.15. The zero-order valence-corrected chi connectivity index (χ0v) is 15.9. The quantitative estimate of drug-likeness (QED) is 0.696. The molecule has 4 rings (SSSR count). The second-order valence-electron chi connectivity index (χ2n) is 7.09. The Kier molecular flexibility index (Phi) is 5.16. The second kappa shape index (κ2) is 7.88. The molecule has 140 valence electrons. The Bertz CT molecular complexity index is 907. The van der Waals surface area contributed by atoms with E-state index in [1.54, 1.807) is 19.5 Å². The lowest BCUT2D eigenvalue weighted by molar-refractivity contribution is 0.198. The van der Waals surface area contributed by atoms with Gasteiger partial charge >= 0.3 is 0 Å². The van der Waals surface area contributed by atoms with Gasteiger partial charge in [0.15, 0.2) is 0 Å². The highest BCUT2D eigenvalue weighted by atomic mass is 16.5. The first-order valence-electron chi connectivity index (χ1n) is 9.39. The highest BCUT2D eigenvalue weighted by molar-refractivity contribution is 5.69. The van der Waals surface area contributed by atoms with Crippen molar-refractivity contribution in [2.24, 2.45) is 7.05 Å². The van der Waals surface area contributed by atoms with E-state index in [-0.39, 0.29) is 0 Å². The minimum atomic E-state index is 0.365. The summed E-state index contributed by atoms with van der Waals surface area (Å²) in [5.41, 5.74) is 4.26. The molecule has 1 unspecified atom stereocenters. The maximum atomic E-state index is 5.56. The second-order valence-corrected chi connectivity index (χ2v) is 7.09. The van der Waals surface area contributed by atoms with E-state index in [1.807, 2.05) is 36.1 Å². The van der Waals surface area contributed by atoms with Crippen molar-refractivity contribution >= 4 is 0 Å². The summed E-state index contributed by atoms with van der Waals surface area (Å²) >= 11 is 0. The predicted molar refractivity (Wildman–Crippen MR) is 104 cm³/mol. The van der Waals surface area contributed by atoms with Gasteiger partial charge < -0.3 is 4.74 Å². The van der Waals surface area contributed by atoms with E-state index in [2.05, 4.69) is 27.2 Å². The van der Waals surface area contributed by atoms with Gasteiger partial charge in [0, 0.05) is 55.8 Å². The molecule has 0 aliphatic carbocycles. The molecule has 27 heavy (non-hydrogen) atoms. The number of benzene rings is 1. The first-order chi connectivity index (χ1) is 13.2. The van der Waals surface area contributed by atoms with Crippen molar-refractivity contribution < 1.29 is 4.74 Å². The lowest BCUT2D eigenvalue weighted by Gasteiger charge is -2.32. The zero-order valence-electron chi connectivity index (χ0n) is 15.9. The third kappa shape index (κ3) is 3.85. The van der Waals surface area contributed by atoms with Crippen molar-refractivity contribution in [3.63, 3.8) is 0 Å². The van der Waals surface area contributed by atoms with E-state index in [4.69, 9.17) is 9.72 Å². The summed E-state index contributed by atoms with van der Waals surface area (Å²) in [6.45, 7) is 3.01. The van der Waals surface area contributed by atoms with Gasteiger partial charge in [0.2, 0.25) is 0 Å². The summed E-state index contributed by atoms with van der Waals surface area (Å²) < 4.78 is 7.42. The Hall–Kier alpha value is -2.73. The largest absolute Gasteiger partial charge is 0.496 e. The van der Waals surface area contributed by atoms with Gasteiger partial charge in [0.25, 0.3) is 0 Å². The van der Waals surface area contributed by atoms with Crippen LogP contribution in [0.25, 0.3) is 11.3 Å². The molecule has 1 fully saturated rings. The summed E-state index contributed by atoms with van der Waals surface area (Å²) in [7, 11) is 3.66. The summed E-state index contributed by atoms with van der Waals surface area (Å²) in [5, 5.41) is 4.29. The molecule has 1 aliphatic rings. The summed E-state index contributed by atoms with van der Waals surface area (Å²) in [4.78, 5) is 11.9. The Morgan fingerprint density at radius 3 is 2.85 bits per heavy atom. The van der Waals surface area contributed by atoms with E-state index < -0.39 is 0 Å². The Balaban J connectivity index is 1.60.